The molecular weight excluding hydrogens is 538 g/mol. The number of rotatable bonds is 6. The zero-order valence-electron chi connectivity index (χ0n) is 25.1. The first-order valence-corrected chi connectivity index (χ1v) is 14.6. The van der Waals surface area contributed by atoms with E-state index < -0.39 is 0 Å². The molecule has 1 fully saturated rings. The molecule has 0 bridgehead atoms. The van der Waals surface area contributed by atoms with Gasteiger partial charge < -0.3 is 10.1 Å². The number of hydrogen-bond donors (Lipinski definition) is 2. The Morgan fingerprint density at radius 1 is 0.907 bits per heavy atom. The average Bonchev–Trinajstić information content (AvgIpc) is 3.43. The number of benzene rings is 3. The van der Waals surface area contributed by atoms with Gasteiger partial charge in [0.15, 0.2) is 0 Å². The lowest BCUT2D eigenvalue weighted by atomic mass is 9.92. The normalized spacial score (nSPS) is 14.1. The van der Waals surface area contributed by atoms with Gasteiger partial charge in [0.2, 0.25) is 0 Å². The van der Waals surface area contributed by atoms with Gasteiger partial charge in [-0.2, -0.15) is 5.10 Å². The van der Waals surface area contributed by atoms with Crippen LogP contribution in [0.3, 0.4) is 0 Å². The highest BCUT2D eigenvalue weighted by molar-refractivity contribution is 6.09. The quantitative estimate of drug-likeness (QED) is 0.238. The van der Waals surface area contributed by atoms with Crippen molar-refractivity contribution in [3.8, 4) is 16.8 Å². The highest BCUT2D eigenvalue weighted by Gasteiger charge is 2.22. The Hall–Kier alpha value is -4.60. The van der Waals surface area contributed by atoms with Crippen molar-refractivity contribution in [2.24, 2.45) is 0 Å². The fraction of sp³-hybridized carbons (Fsp3) is 0.294. The maximum Gasteiger partial charge on any atom is 0.324 e. The van der Waals surface area contributed by atoms with E-state index in [0.29, 0.717) is 18.1 Å². The van der Waals surface area contributed by atoms with Crippen LogP contribution in [0.5, 0.6) is 0 Å². The average molecular weight is 576 g/mol. The van der Waals surface area contributed by atoms with Gasteiger partial charge in [-0.1, -0.05) is 68.8 Å². The largest absolute Gasteiger partial charge is 0.379 e. The molecule has 2 N–H and O–H groups in total. The molecule has 0 aliphatic carbocycles. The summed E-state index contributed by atoms with van der Waals surface area (Å²) >= 11 is 0. The molecule has 0 atom stereocenters. The number of morpholine rings is 1. The van der Waals surface area contributed by atoms with Crippen LogP contribution in [-0.4, -0.2) is 57.0 Å². The van der Waals surface area contributed by atoms with Gasteiger partial charge in [-0.05, 0) is 36.1 Å². The molecule has 0 unspecified atom stereocenters. The Bertz CT molecular complexity index is 1730. The van der Waals surface area contributed by atoms with Crippen LogP contribution in [0.1, 0.15) is 37.9 Å². The molecule has 1 aliphatic rings. The minimum Gasteiger partial charge on any atom is -0.379 e. The third-order valence-corrected chi connectivity index (χ3v) is 7.66. The van der Waals surface area contributed by atoms with E-state index in [1.54, 1.807) is 4.68 Å². The molecule has 2 aromatic heterocycles. The zero-order valence-corrected chi connectivity index (χ0v) is 25.1. The first-order chi connectivity index (χ1) is 20.7. The van der Waals surface area contributed by atoms with E-state index in [-0.39, 0.29) is 11.4 Å². The number of carbonyl (C=O) groups is 1. The number of nitrogens with one attached hydrogen (secondary N) is 2. The van der Waals surface area contributed by atoms with Crippen molar-refractivity contribution >= 4 is 28.3 Å². The van der Waals surface area contributed by atoms with Crippen molar-refractivity contribution in [3.05, 3.63) is 96.2 Å². The summed E-state index contributed by atoms with van der Waals surface area (Å²) in [7, 11) is 0. The van der Waals surface area contributed by atoms with Gasteiger partial charge in [-0.3, -0.25) is 10.2 Å². The summed E-state index contributed by atoms with van der Waals surface area (Å²) in [6, 6.07) is 21.6. The Balaban J connectivity index is 1.24. The summed E-state index contributed by atoms with van der Waals surface area (Å²) in [6.07, 6.45) is 3.76. The standard InChI is InChI=1S/C34H37N7O2/c1-23-9-11-25(12-10-23)41-32(19-30(39-41)34(2,3)4)38-33(42)37-29-14-13-26(27-7-5-6-8-28(27)29)24-20-35-31(36-21-24)22-40-15-17-43-18-16-40/h5-14,19-21H,15-18,22H2,1-4H3,(H2,37,38,42). The molecule has 9 heteroatoms. The van der Waals surface area contributed by atoms with Crippen molar-refractivity contribution in [1.29, 1.82) is 0 Å². The van der Waals surface area contributed by atoms with Crippen LogP contribution in [0.4, 0.5) is 16.3 Å². The van der Waals surface area contributed by atoms with Crippen molar-refractivity contribution in [2.75, 3.05) is 36.9 Å². The maximum atomic E-state index is 13.4. The Morgan fingerprint density at radius 3 is 2.30 bits per heavy atom. The molecule has 0 spiro atoms. The molecule has 9 nitrogen and oxygen atoms in total. The first-order valence-electron chi connectivity index (χ1n) is 14.6. The summed E-state index contributed by atoms with van der Waals surface area (Å²) in [4.78, 5) is 25.0. The number of aromatic nitrogens is 4. The molecule has 6 rings (SSSR count). The smallest absolute Gasteiger partial charge is 0.324 e. The van der Waals surface area contributed by atoms with Crippen molar-refractivity contribution in [2.45, 2.75) is 39.7 Å². The SMILES string of the molecule is Cc1ccc(-n2nc(C(C)(C)C)cc2NC(=O)Nc2ccc(-c3cnc(CN4CCOCC4)nc3)c3ccccc23)cc1. The van der Waals surface area contributed by atoms with Crippen molar-refractivity contribution in [3.63, 3.8) is 0 Å². The van der Waals surface area contributed by atoms with Gasteiger partial charge in [0.1, 0.15) is 11.6 Å². The van der Waals surface area contributed by atoms with E-state index in [1.807, 2.05) is 80.0 Å². The molecule has 3 aromatic carbocycles. The van der Waals surface area contributed by atoms with Crippen LogP contribution < -0.4 is 10.6 Å². The second-order valence-electron chi connectivity index (χ2n) is 12.0. The predicted molar refractivity (Wildman–Crippen MR) is 171 cm³/mol. The van der Waals surface area contributed by atoms with E-state index in [0.717, 1.165) is 71.0 Å². The Morgan fingerprint density at radius 2 is 1.60 bits per heavy atom. The molecule has 43 heavy (non-hydrogen) atoms. The monoisotopic (exact) mass is 575 g/mol. The molecule has 220 valence electrons. The second-order valence-corrected chi connectivity index (χ2v) is 12.0. The minimum atomic E-state index is -0.345. The van der Waals surface area contributed by atoms with Gasteiger partial charge in [0.25, 0.3) is 0 Å². The summed E-state index contributed by atoms with van der Waals surface area (Å²) in [6.45, 7) is 12.4. The molecule has 0 saturated carbocycles. The van der Waals surface area contributed by atoms with Crippen LogP contribution >= 0.6 is 0 Å². The van der Waals surface area contributed by atoms with Crippen molar-refractivity contribution in [1.82, 2.24) is 24.6 Å². The summed E-state index contributed by atoms with van der Waals surface area (Å²) < 4.78 is 7.22. The maximum absolute atomic E-state index is 13.4. The number of ether oxygens (including phenoxy) is 1. The topological polar surface area (TPSA) is 97.2 Å². The number of amides is 2. The zero-order chi connectivity index (χ0) is 30.0. The fourth-order valence-electron chi connectivity index (χ4n) is 5.18. The molecule has 1 aliphatic heterocycles. The van der Waals surface area contributed by atoms with Crippen LogP contribution in [-0.2, 0) is 16.7 Å². The fourth-order valence-corrected chi connectivity index (χ4v) is 5.18. The third kappa shape index (κ3) is 6.43. The molecule has 0 radical (unpaired) electrons. The number of hydrogen-bond acceptors (Lipinski definition) is 6. The van der Waals surface area contributed by atoms with Crippen molar-refractivity contribution < 1.29 is 9.53 Å². The summed E-state index contributed by atoms with van der Waals surface area (Å²) in [5, 5.41) is 12.9. The van der Waals surface area contributed by atoms with Gasteiger partial charge >= 0.3 is 6.03 Å². The van der Waals surface area contributed by atoms with Gasteiger partial charge in [-0.25, -0.2) is 19.4 Å². The molecule has 3 heterocycles. The summed E-state index contributed by atoms with van der Waals surface area (Å²) in [5.41, 5.74) is 5.38. The predicted octanol–water partition coefficient (Wildman–Crippen LogP) is 6.56. The lowest BCUT2D eigenvalue weighted by Gasteiger charge is -2.25. The molecule has 2 amide bonds. The highest BCUT2D eigenvalue weighted by Crippen LogP contribution is 2.33. The van der Waals surface area contributed by atoms with Gasteiger partial charge in [-0.15, -0.1) is 0 Å². The number of nitrogens with zero attached hydrogens (tertiary/aromatic N) is 5. The molecular formula is C34H37N7O2. The highest BCUT2D eigenvalue weighted by atomic mass is 16.5. The Kier molecular flexibility index (Phi) is 7.92. The summed E-state index contributed by atoms with van der Waals surface area (Å²) in [5.74, 6) is 1.39. The number of urea groups is 1. The van der Waals surface area contributed by atoms with E-state index in [9.17, 15) is 4.79 Å². The van der Waals surface area contributed by atoms with E-state index in [4.69, 9.17) is 9.84 Å². The molecule has 5 aromatic rings. The van der Waals surface area contributed by atoms with Crippen LogP contribution in [0.15, 0.2) is 79.1 Å². The van der Waals surface area contributed by atoms with Crippen LogP contribution in [0.2, 0.25) is 0 Å². The number of carbonyl (C=O) groups excluding carboxylic acids is 1. The van der Waals surface area contributed by atoms with Gasteiger partial charge in [0.05, 0.1) is 36.8 Å². The minimum absolute atomic E-state index is 0.181. The van der Waals surface area contributed by atoms with Crippen LogP contribution in [0, 0.1) is 6.92 Å². The lowest BCUT2D eigenvalue weighted by Crippen LogP contribution is -2.36. The van der Waals surface area contributed by atoms with Crippen LogP contribution in [0.25, 0.3) is 27.6 Å². The van der Waals surface area contributed by atoms with E-state index in [1.165, 1.54) is 0 Å². The lowest BCUT2D eigenvalue weighted by molar-refractivity contribution is 0.0330. The van der Waals surface area contributed by atoms with E-state index >= 15 is 0 Å². The number of anilines is 2. The van der Waals surface area contributed by atoms with Gasteiger partial charge in [0, 0.05) is 47.9 Å². The Labute approximate surface area is 251 Å². The number of aryl methyl sites for hydroxylation is 1. The van der Waals surface area contributed by atoms with E-state index in [2.05, 4.69) is 52.3 Å². The number of fused-ring (bicyclic) bond motifs is 1. The second kappa shape index (κ2) is 11.9. The third-order valence-electron chi connectivity index (χ3n) is 7.66. The first kappa shape index (κ1) is 28.5. The molecule has 1 saturated heterocycles.